The smallest absolute Gasteiger partial charge is 0.264 e. The normalized spacial score (nSPS) is 11.8. The van der Waals surface area contributed by atoms with E-state index in [0.29, 0.717) is 18.0 Å². The number of carbonyl (C=O) groups is 2. The highest BCUT2D eigenvalue weighted by molar-refractivity contribution is 9.10. The zero-order valence-electron chi connectivity index (χ0n) is 27.7. The highest BCUT2D eigenvalue weighted by atomic mass is 79.9. The number of unbranched alkanes of at least 4 members (excludes halogenated alkanes) is 1. The minimum atomic E-state index is -4.26. The first kappa shape index (κ1) is 36.5. The van der Waals surface area contributed by atoms with Gasteiger partial charge >= 0.3 is 0 Å². The summed E-state index contributed by atoms with van der Waals surface area (Å²) in [4.78, 5) is 30.1. The molecule has 2 amide bonds. The average molecular weight is 737 g/mol. The number of rotatable bonds is 16. The number of amides is 2. The fourth-order valence-electron chi connectivity index (χ4n) is 5.24. The molecule has 0 aromatic heterocycles. The zero-order valence-corrected chi connectivity index (χ0v) is 30.1. The van der Waals surface area contributed by atoms with E-state index in [-0.39, 0.29) is 29.5 Å². The molecule has 1 N–H and O–H groups in total. The van der Waals surface area contributed by atoms with Gasteiger partial charge in [0.25, 0.3) is 10.0 Å². The van der Waals surface area contributed by atoms with Gasteiger partial charge in [0.2, 0.25) is 11.8 Å². The molecule has 0 saturated carbocycles. The summed E-state index contributed by atoms with van der Waals surface area (Å²) in [6.07, 6.45) is 1.91. The number of nitrogens with zero attached hydrogens (tertiary/aromatic N) is 2. The summed E-state index contributed by atoms with van der Waals surface area (Å²) in [7, 11) is -1.32. The minimum absolute atomic E-state index is 0.0207. The molecule has 0 aliphatic carbocycles. The lowest BCUT2D eigenvalue weighted by molar-refractivity contribution is -0.140. The Kier molecular flexibility index (Phi) is 13.0. The Hall–Kier alpha value is -4.35. The van der Waals surface area contributed by atoms with Gasteiger partial charge in [-0.2, -0.15) is 0 Å². The number of nitrogens with one attached hydrogen (secondary N) is 1. The van der Waals surface area contributed by atoms with Crippen LogP contribution in [-0.4, -0.2) is 58.5 Å². The van der Waals surface area contributed by atoms with Crippen molar-refractivity contribution >= 4 is 43.5 Å². The fourth-order valence-corrected chi connectivity index (χ4v) is 7.09. The van der Waals surface area contributed by atoms with E-state index in [2.05, 4.69) is 21.2 Å². The van der Waals surface area contributed by atoms with Crippen LogP contribution < -0.4 is 19.1 Å². The van der Waals surface area contributed by atoms with E-state index in [9.17, 15) is 18.0 Å². The number of methoxy groups -OCH3 is 2. The highest BCUT2D eigenvalue weighted by Gasteiger charge is 2.35. The van der Waals surface area contributed by atoms with Crippen LogP contribution in [0.15, 0.2) is 106 Å². The maximum atomic E-state index is 14.7. The summed E-state index contributed by atoms with van der Waals surface area (Å²) >= 11 is 3.51. The average Bonchev–Trinajstić information content (AvgIpc) is 3.09. The van der Waals surface area contributed by atoms with E-state index >= 15 is 0 Å². The van der Waals surface area contributed by atoms with Crippen LogP contribution >= 0.6 is 15.9 Å². The Balaban J connectivity index is 1.83. The standard InChI is InChI=1S/C37H42BrN3O6S/c1-5-6-21-39-37(43)33(23-28-11-8-7-9-12-28)40(25-29-13-10-14-30(38)22-29)36(42)26-41(31-17-20-34(46-3)35(24-31)47-4)48(44,45)32-18-15-27(2)16-19-32/h7-20,22,24,33H,5-6,21,23,25-26H2,1-4H3,(H,39,43). The van der Waals surface area contributed by atoms with Crippen LogP contribution in [0, 0.1) is 6.92 Å². The van der Waals surface area contributed by atoms with E-state index in [1.807, 2.05) is 68.4 Å². The van der Waals surface area contributed by atoms with Gasteiger partial charge in [-0.15, -0.1) is 0 Å². The molecular formula is C37H42BrN3O6S. The third kappa shape index (κ3) is 9.38. The van der Waals surface area contributed by atoms with Crippen molar-refractivity contribution in [2.45, 2.75) is 50.6 Å². The molecule has 0 saturated heterocycles. The second-order valence-corrected chi connectivity index (χ2v) is 14.1. The number of sulfonamides is 1. The van der Waals surface area contributed by atoms with Gasteiger partial charge < -0.3 is 19.7 Å². The van der Waals surface area contributed by atoms with Crippen LogP contribution in [0.3, 0.4) is 0 Å². The van der Waals surface area contributed by atoms with E-state index < -0.39 is 28.5 Å². The topological polar surface area (TPSA) is 105 Å². The molecule has 4 rings (SSSR count). The summed E-state index contributed by atoms with van der Waals surface area (Å²) in [5.41, 5.74) is 2.73. The van der Waals surface area contributed by atoms with E-state index in [0.717, 1.165) is 38.3 Å². The number of hydrogen-bond acceptors (Lipinski definition) is 6. The quantitative estimate of drug-likeness (QED) is 0.131. The van der Waals surface area contributed by atoms with E-state index in [1.165, 1.54) is 37.3 Å². The van der Waals surface area contributed by atoms with Crippen LogP contribution in [0.4, 0.5) is 5.69 Å². The van der Waals surface area contributed by atoms with Gasteiger partial charge in [0.15, 0.2) is 11.5 Å². The molecule has 0 heterocycles. The van der Waals surface area contributed by atoms with Gasteiger partial charge in [-0.05, 0) is 60.9 Å². The molecular weight excluding hydrogens is 694 g/mol. The highest BCUT2D eigenvalue weighted by Crippen LogP contribution is 2.34. The molecule has 9 nitrogen and oxygen atoms in total. The fraction of sp³-hybridized carbons (Fsp3) is 0.297. The molecule has 4 aromatic carbocycles. The van der Waals surface area contributed by atoms with Gasteiger partial charge in [-0.3, -0.25) is 13.9 Å². The Morgan fingerprint density at radius 1 is 0.854 bits per heavy atom. The van der Waals surface area contributed by atoms with Crippen molar-refractivity contribution in [3.8, 4) is 11.5 Å². The lowest BCUT2D eigenvalue weighted by atomic mass is 10.0. The molecule has 0 fully saturated rings. The largest absolute Gasteiger partial charge is 0.493 e. The molecule has 0 spiro atoms. The summed E-state index contributed by atoms with van der Waals surface area (Å²) in [6.45, 7) is 3.85. The second kappa shape index (κ2) is 17.2. The van der Waals surface area contributed by atoms with Gasteiger partial charge in [-0.1, -0.05) is 89.4 Å². The lowest BCUT2D eigenvalue weighted by Gasteiger charge is -2.34. The molecule has 254 valence electrons. The number of aryl methyl sites for hydroxylation is 1. The van der Waals surface area contributed by atoms with Crippen LogP contribution in [0.5, 0.6) is 11.5 Å². The van der Waals surface area contributed by atoms with Crippen molar-refractivity contribution < 1.29 is 27.5 Å². The van der Waals surface area contributed by atoms with E-state index in [4.69, 9.17) is 9.47 Å². The van der Waals surface area contributed by atoms with Crippen molar-refractivity contribution in [2.24, 2.45) is 0 Å². The predicted molar refractivity (Wildman–Crippen MR) is 192 cm³/mol. The molecule has 0 bridgehead atoms. The number of carbonyl (C=O) groups excluding carboxylic acids is 2. The van der Waals surface area contributed by atoms with Crippen molar-refractivity contribution in [2.75, 3.05) is 31.6 Å². The first-order valence-corrected chi connectivity index (χ1v) is 18.0. The number of halogens is 1. The maximum Gasteiger partial charge on any atom is 0.264 e. The SMILES string of the molecule is CCCCNC(=O)C(Cc1ccccc1)N(Cc1cccc(Br)c1)C(=O)CN(c1ccc(OC)c(OC)c1)S(=O)(=O)c1ccc(C)cc1. The summed E-state index contributed by atoms with van der Waals surface area (Å²) in [5, 5.41) is 3.01. The molecule has 11 heteroatoms. The maximum absolute atomic E-state index is 14.7. The molecule has 1 unspecified atom stereocenters. The molecule has 4 aromatic rings. The van der Waals surface area contributed by atoms with Crippen LogP contribution in [0.1, 0.15) is 36.5 Å². The molecule has 1 atom stereocenters. The zero-order chi connectivity index (χ0) is 34.7. The first-order valence-electron chi connectivity index (χ1n) is 15.7. The number of hydrogen-bond donors (Lipinski definition) is 1. The van der Waals surface area contributed by atoms with Crippen LogP contribution in [-0.2, 0) is 32.6 Å². The first-order chi connectivity index (χ1) is 23.1. The number of benzene rings is 4. The number of anilines is 1. The molecule has 0 radical (unpaired) electrons. The van der Waals surface area contributed by atoms with Gasteiger partial charge in [0.05, 0.1) is 24.8 Å². The molecule has 0 aliphatic heterocycles. The van der Waals surface area contributed by atoms with E-state index in [1.54, 1.807) is 24.3 Å². The van der Waals surface area contributed by atoms with Crippen molar-refractivity contribution in [3.05, 3.63) is 118 Å². The van der Waals surface area contributed by atoms with Gasteiger partial charge in [-0.25, -0.2) is 8.42 Å². The second-order valence-electron chi connectivity index (χ2n) is 11.4. The Morgan fingerprint density at radius 3 is 2.19 bits per heavy atom. The van der Waals surface area contributed by atoms with Gasteiger partial charge in [0, 0.05) is 30.0 Å². The van der Waals surface area contributed by atoms with Crippen molar-refractivity contribution in [1.29, 1.82) is 0 Å². The minimum Gasteiger partial charge on any atom is -0.493 e. The number of ether oxygens (including phenoxy) is 2. The van der Waals surface area contributed by atoms with Crippen LogP contribution in [0.2, 0.25) is 0 Å². The Bertz CT molecular complexity index is 1780. The Labute approximate surface area is 292 Å². The lowest BCUT2D eigenvalue weighted by Crippen LogP contribution is -2.53. The van der Waals surface area contributed by atoms with Gasteiger partial charge in [0.1, 0.15) is 12.6 Å². The summed E-state index contributed by atoms with van der Waals surface area (Å²) in [6, 6.07) is 27.2. The molecule has 48 heavy (non-hydrogen) atoms. The Morgan fingerprint density at radius 2 is 1.54 bits per heavy atom. The summed E-state index contributed by atoms with van der Waals surface area (Å²) < 4.78 is 41.4. The van der Waals surface area contributed by atoms with Crippen LogP contribution in [0.25, 0.3) is 0 Å². The van der Waals surface area contributed by atoms with Crippen molar-refractivity contribution in [3.63, 3.8) is 0 Å². The predicted octanol–water partition coefficient (Wildman–Crippen LogP) is 6.53. The third-order valence-electron chi connectivity index (χ3n) is 7.89. The molecule has 0 aliphatic rings. The van der Waals surface area contributed by atoms with Crippen molar-refractivity contribution in [1.82, 2.24) is 10.2 Å². The summed E-state index contributed by atoms with van der Waals surface area (Å²) in [5.74, 6) is -0.153. The monoisotopic (exact) mass is 735 g/mol. The third-order valence-corrected chi connectivity index (χ3v) is 10.2.